The second kappa shape index (κ2) is 23.5. The first-order valence-electron chi connectivity index (χ1n) is 20.3. The maximum absolute atomic E-state index is 14.3. The van der Waals surface area contributed by atoms with Crippen molar-refractivity contribution < 1.29 is 38.2 Å². The van der Waals surface area contributed by atoms with Gasteiger partial charge in [-0.25, -0.2) is 4.79 Å². The summed E-state index contributed by atoms with van der Waals surface area (Å²) in [5.74, 6) is -3.46. The lowest BCUT2D eigenvalue weighted by atomic mass is 9.90. The molecule has 310 valence electrons. The van der Waals surface area contributed by atoms with Crippen LogP contribution in [0, 0.1) is 11.8 Å². The Kier molecular flexibility index (Phi) is 20.3. The SMILES string of the molecule is CCCCCC[C@H]1OC[C@@H](C)NC(=O)[C@H](CN)NC(=O)[C@H](CNC(=O)OC(C)(C)C)NC(=O)[C@H](C2CCCCCC2)NC(=O)[C@H](CCC)N(C)C(=O)[C@@H]1C. The zero-order valence-corrected chi connectivity index (χ0v) is 34.2. The molecule has 2 aliphatic rings. The number of ether oxygens (including phenoxy) is 2. The van der Waals surface area contributed by atoms with Gasteiger partial charge in [0.1, 0.15) is 29.8 Å². The molecule has 2 rings (SSSR count). The summed E-state index contributed by atoms with van der Waals surface area (Å²) >= 11 is 0. The van der Waals surface area contributed by atoms with Gasteiger partial charge in [-0.1, -0.05) is 78.6 Å². The second-order valence-corrected chi connectivity index (χ2v) is 16.2. The fourth-order valence-electron chi connectivity index (χ4n) is 7.08. The van der Waals surface area contributed by atoms with Crippen molar-refractivity contribution in [2.45, 2.75) is 174 Å². The Morgan fingerprint density at radius 1 is 0.833 bits per heavy atom. The lowest BCUT2D eigenvalue weighted by molar-refractivity contribution is -0.147. The molecule has 0 bridgehead atoms. The van der Waals surface area contributed by atoms with Crippen molar-refractivity contribution in [3.05, 3.63) is 0 Å². The molecule has 1 saturated heterocycles. The molecule has 0 aromatic rings. The van der Waals surface area contributed by atoms with Crippen LogP contribution < -0.4 is 32.3 Å². The highest BCUT2D eigenvalue weighted by Crippen LogP contribution is 2.27. The average Bonchev–Trinajstić information content (AvgIpc) is 3.40. The average molecular weight is 766 g/mol. The van der Waals surface area contributed by atoms with Crippen molar-refractivity contribution in [2.24, 2.45) is 17.6 Å². The molecule has 15 nitrogen and oxygen atoms in total. The van der Waals surface area contributed by atoms with Gasteiger partial charge in [-0.15, -0.1) is 0 Å². The Hall–Kier alpha value is -3.46. The van der Waals surface area contributed by atoms with Gasteiger partial charge in [0, 0.05) is 19.6 Å². The van der Waals surface area contributed by atoms with Crippen LogP contribution in [0.25, 0.3) is 0 Å². The summed E-state index contributed by atoms with van der Waals surface area (Å²) in [6.45, 7) is 12.2. The van der Waals surface area contributed by atoms with Crippen LogP contribution in [0.4, 0.5) is 4.79 Å². The van der Waals surface area contributed by atoms with Gasteiger partial charge in [0.15, 0.2) is 0 Å². The third-order valence-electron chi connectivity index (χ3n) is 10.2. The zero-order valence-electron chi connectivity index (χ0n) is 34.2. The van der Waals surface area contributed by atoms with Crippen molar-refractivity contribution in [1.82, 2.24) is 31.5 Å². The number of nitrogens with two attached hydrogens (primary N) is 1. The fourth-order valence-corrected chi connectivity index (χ4v) is 7.08. The molecule has 0 radical (unpaired) electrons. The van der Waals surface area contributed by atoms with E-state index >= 15 is 0 Å². The Bertz CT molecular complexity index is 1220. The number of nitrogens with zero attached hydrogens (tertiary/aromatic N) is 1. The molecule has 7 N–H and O–H groups in total. The van der Waals surface area contributed by atoms with Crippen molar-refractivity contribution in [3.8, 4) is 0 Å². The van der Waals surface area contributed by atoms with Gasteiger partial charge in [0.2, 0.25) is 29.5 Å². The highest BCUT2D eigenvalue weighted by Gasteiger charge is 2.38. The molecule has 15 heteroatoms. The van der Waals surface area contributed by atoms with Crippen LogP contribution >= 0.6 is 0 Å². The van der Waals surface area contributed by atoms with Crippen LogP contribution in [0.1, 0.15) is 132 Å². The highest BCUT2D eigenvalue weighted by atomic mass is 16.6. The molecule has 0 aromatic heterocycles. The fraction of sp³-hybridized carbons (Fsp3) is 0.846. The quantitative estimate of drug-likeness (QED) is 0.135. The minimum absolute atomic E-state index is 0.0944. The third kappa shape index (κ3) is 15.7. The largest absolute Gasteiger partial charge is 0.444 e. The molecule has 1 aliphatic carbocycles. The van der Waals surface area contributed by atoms with Gasteiger partial charge in [-0.2, -0.15) is 0 Å². The van der Waals surface area contributed by atoms with E-state index < -0.39 is 77.6 Å². The molecule has 2 fully saturated rings. The number of rotatable bonds is 11. The predicted octanol–water partition coefficient (Wildman–Crippen LogP) is 3.03. The van der Waals surface area contributed by atoms with Gasteiger partial charge < -0.3 is 46.7 Å². The van der Waals surface area contributed by atoms with E-state index in [4.69, 9.17) is 15.2 Å². The maximum Gasteiger partial charge on any atom is 0.407 e. The number of hydrogen-bond acceptors (Lipinski definition) is 9. The number of unbranched alkanes of at least 4 members (excludes halogenated alkanes) is 3. The van der Waals surface area contributed by atoms with Gasteiger partial charge in [-0.05, 0) is 59.3 Å². The van der Waals surface area contributed by atoms with Crippen LogP contribution in [-0.4, -0.2) is 109 Å². The number of carbonyl (C=O) groups is 6. The van der Waals surface area contributed by atoms with E-state index in [-0.39, 0.29) is 31.5 Å². The number of hydrogen-bond donors (Lipinski definition) is 6. The smallest absolute Gasteiger partial charge is 0.407 e. The topological polar surface area (TPSA) is 210 Å². The van der Waals surface area contributed by atoms with E-state index in [2.05, 4.69) is 33.5 Å². The summed E-state index contributed by atoms with van der Waals surface area (Å²) in [6.07, 6.45) is 9.37. The predicted molar refractivity (Wildman–Crippen MR) is 207 cm³/mol. The van der Waals surface area contributed by atoms with Crippen molar-refractivity contribution in [1.29, 1.82) is 0 Å². The Morgan fingerprint density at radius 3 is 2.06 bits per heavy atom. The van der Waals surface area contributed by atoms with Crippen LogP contribution in [0.2, 0.25) is 0 Å². The highest BCUT2D eigenvalue weighted by molar-refractivity contribution is 5.96. The molecular weight excluding hydrogens is 694 g/mol. The number of likely N-dealkylation sites (N-methyl/N-ethyl adjacent to an activating group) is 1. The lowest BCUT2D eigenvalue weighted by Gasteiger charge is -2.34. The molecule has 0 spiro atoms. The van der Waals surface area contributed by atoms with E-state index in [1.807, 2.05) is 13.8 Å². The molecule has 54 heavy (non-hydrogen) atoms. The summed E-state index contributed by atoms with van der Waals surface area (Å²) in [6, 6.07) is -4.92. The molecular formula is C39H71N7O8. The minimum Gasteiger partial charge on any atom is -0.444 e. The molecule has 1 heterocycles. The van der Waals surface area contributed by atoms with Crippen LogP contribution in [0.5, 0.6) is 0 Å². The number of carbonyl (C=O) groups excluding carboxylic acids is 6. The zero-order chi connectivity index (χ0) is 40.4. The van der Waals surface area contributed by atoms with E-state index in [0.29, 0.717) is 32.1 Å². The van der Waals surface area contributed by atoms with E-state index in [9.17, 15) is 28.8 Å². The number of nitrogens with one attached hydrogen (secondary N) is 5. The van der Waals surface area contributed by atoms with Crippen molar-refractivity contribution in [2.75, 3.05) is 26.7 Å². The van der Waals surface area contributed by atoms with Crippen LogP contribution in [0.15, 0.2) is 0 Å². The first-order valence-corrected chi connectivity index (χ1v) is 20.3. The van der Waals surface area contributed by atoms with Crippen LogP contribution in [-0.2, 0) is 33.4 Å². The van der Waals surface area contributed by atoms with Crippen molar-refractivity contribution >= 4 is 35.6 Å². The summed E-state index contributed by atoms with van der Waals surface area (Å²) in [4.78, 5) is 84.0. The molecule has 1 aliphatic heterocycles. The van der Waals surface area contributed by atoms with Gasteiger partial charge in [0.05, 0.1) is 25.2 Å². The normalized spacial score (nSPS) is 28.0. The lowest BCUT2D eigenvalue weighted by Crippen LogP contribution is -2.62. The molecule has 7 atom stereocenters. The second-order valence-electron chi connectivity index (χ2n) is 16.2. The molecule has 0 aromatic carbocycles. The summed E-state index contributed by atoms with van der Waals surface area (Å²) in [5.41, 5.74) is 5.15. The first-order chi connectivity index (χ1) is 25.5. The maximum atomic E-state index is 14.3. The van der Waals surface area contributed by atoms with Gasteiger partial charge >= 0.3 is 6.09 Å². The number of amides is 6. The van der Waals surface area contributed by atoms with Gasteiger partial charge in [-0.3, -0.25) is 24.0 Å². The summed E-state index contributed by atoms with van der Waals surface area (Å²) in [5, 5.41) is 13.8. The summed E-state index contributed by atoms with van der Waals surface area (Å²) < 4.78 is 11.7. The van der Waals surface area contributed by atoms with Crippen LogP contribution in [0.3, 0.4) is 0 Å². The Labute approximate surface area is 323 Å². The summed E-state index contributed by atoms with van der Waals surface area (Å²) in [7, 11) is 1.62. The Morgan fingerprint density at radius 2 is 1.46 bits per heavy atom. The number of alkyl carbamates (subject to hydrolysis) is 1. The Balaban J connectivity index is 2.59. The molecule has 6 amide bonds. The minimum atomic E-state index is -1.36. The third-order valence-corrected chi connectivity index (χ3v) is 10.2. The van der Waals surface area contributed by atoms with E-state index in [1.165, 1.54) is 4.90 Å². The molecule has 1 saturated carbocycles. The van der Waals surface area contributed by atoms with E-state index in [1.54, 1.807) is 34.7 Å². The molecule has 0 unspecified atom stereocenters. The van der Waals surface area contributed by atoms with E-state index in [0.717, 1.165) is 51.4 Å². The first kappa shape index (κ1) is 46.7. The standard InChI is InChI=1S/C39H71N7O8/c1-9-11-12-17-21-31-26(4)37(51)46(8)30(18-10-2)35(49)45-32(27-19-15-13-14-16-20-27)36(50)44-29(23-41-38(52)54-39(5,6)7)34(48)43-28(22-40)33(47)42-25(3)24-53-31/h25-32H,9-24,40H2,1-8H3,(H,41,52)(H,42,47)(H,43,48)(H,44,50)(H,45,49)/t25-,26-,28+,29+,30+,31-,32+/m1/s1. The van der Waals surface area contributed by atoms with Gasteiger partial charge in [0.25, 0.3) is 0 Å². The monoisotopic (exact) mass is 766 g/mol. The van der Waals surface area contributed by atoms with Crippen molar-refractivity contribution in [3.63, 3.8) is 0 Å².